The Kier molecular flexibility index (Phi) is 7.22. The number of benzene rings is 3. The molecule has 1 aliphatic rings. The van der Waals surface area contributed by atoms with Crippen molar-refractivity contribution in [3.8, 4) is 11.1 Å². The van der Waals surface area contributed by atoms with Crippen LogP contribution in [0.1, 0.15) is 0 Å². The molecule has 0 spiro atoms. The molecule has 0 unspecified atom stereocenters. The number of sulfonamides is 2. The molecule has 3 N–H and O–H groups in total. The van der Waals surface area contributed by atoms with E-state index in [1.54, 1.807) is 48.8 Å². The number of nitrogens with one attached hydrogen (secondary N) is 1. The van der Waals surface area contributed by atoms with Gasteiger partial charge in [0.2, 0.25) is 10.0 Å². The first kappa shape index (κ1) is 27.6. The number of piperazine rings is 1. The molecule has 2 aromatic heterocycles. The second-order valence-electron chi connectivity index (χ2n) is 9.77. The smallest absolute Gasteiger partial charge is 0.261 e. The zero-order valence-corrected chi connectivity index (χ0v) is 24.0. The lowest BCUT2D eigenvalue weighted by Crippen LogP contribution is -2.48. The van der Waals surface area contributed by atoms with Crippen molar-refractivity contribution in [1.82, 2.24) is 19.3 Å². The summed E-state index contributed by atoms with van der Waals surface area (Å²) in [5.41, 5.74) is 9.40. The van der Waals surface area contributed by atoms with E-state index in [1.165, 1.54) is 34.8 Å². The van der Waals surface area contributed by atoms with Crippen molar-refractivity contribution in [2.24, 2.45) is 0 Å². The number of rotatable bonds is 7. The number of fused-ring (bicyclic) bond motifs is 1. The summed E-state index contributed by atoms with van der Waals surface area (Å²) in [5, 5.41) is 0. The fraction of sp³-hybridized carbons (Fsp3) is 0.138. The van der Waals surface area contributed by atoms with Gasteiger partial charge in [0.1, 0.15) is 5.82 Å². The molecule has 3 heterocycles. The van der Waals surface area contributed by atoms with Crippen LogP contribution in [0.4, 0.5) is 17.2 Å². The number of nitrogens with zero attached hydrogens (tertiary/aromatic N) is 5. The summed E-state index contributed by atoms with van der Waals surface area (Å²) in [5.74, 6) is 0.645. The predicted octanol–water partition coefficient (Wildman–Crippen LogP) is 3.59. The number of nitrogens with two attached hydrogens (primary N) is 1. The number of hydrogen-bond donors (Lipinski definition) is 2. The average molecular weight is 602 g/mol. The number of hydrogen-bond acceptors (Lipinski definition) is 9. The van der Waals surface area contributed by atoms with Crippen molar-refractivity contribution in [1.29, 1.82) is 0 Å². The first-order chi connectivity index (χ1) is 20.2. The Balaban J connectivity index is 1.20. The standard InChI is InChI=1S/C29H27N7O4S2/c30-23-7-9-26(10-8-23)42(39,40)36-14-12-35(13-15-36)29-20-32-27-11-6-21(17-28(27)33-29)22-16-24(19-31-18-22)34-41(37,38)25-4-2-1-3-5-25/h1-11,16-20,34H,12-15,30H2. The Hall–Kier alpha value is -4.59. The molecule has 3 aromatic carbocycles. The van der Waals surface area contributed by atoms with E-state index < -0.39 is 20.0 Å². The van der Waals surface area contributed by atoms with E-state index in [0.29, 0.717) is 60.0 Å². The van der Waals surface area contributed by atoms with Gasteiger partial charge in [0.05, 0.1) is 38.9 Å². The summed E-state index contributed by atoms with van der Waals surface area (Å²) in [4.78, 5) is 16.0. The van der Waals surface area contributed by atoms with E-state index in [1.807, 2.05) is 23.1 Å². The minimum atomic E-state index is -3.76. The third-order valence-electron chi connectivity index (χ3n) is 6.99. The van der Waals surface area contributed by atoms with Crippen LogP contribution in [0.25, 0.3) is 22.2 Å². The van der Waals surface area contributed by atoms with E-state index >= 15 is 0 Å². The van der Waals surface area contributed by atoms with Crippen molar-refractivity contribution >= 4 is 48.3 Å². The van der Waals surface area contributed by atoms with Crippen LogP contribution < -0.4 is 15.4 Å². The Morgan fingerprint density at radius 3 is 2.19 bits per heavy atom. The highest BCUT2D eigenvalue weighted by Gasteiger charge is 2.29. The Labute approximate surface area is 243 Å². The van der Waals surface area contributed by atoms with Crippen LogP contribution in [0.2, 0.25) is 0 Å². The van der Waals surface area contributed by atoms with Crippen molar-refractivity contribution < 1.29 is 16.8 Å². The van der Waals surface area contributed by atoms with Crippen molar-refractivity contribution in [2.75, 3.05) is 41.5 Å². The summed E-state index contributed by atoms with van der Waals surface area (Å²) in [7, 11) is -7.38. The van der Waals surface area contributed by atoms with Crippen LogP contribution in [-0.2, 0) is 20.0 Å². The van der Waals surface area contributed by atoms with Gasteiger partial charge in [-0.15, -0.1) is 0 Å². The summed E-state index contributed by atoms with van der Waals surface area (Å²) in [6, 6.07) is 21.7. The minimum Gasteiger partial charge on any atom is -0.399 e. The molecule has 1 saturated heterocycles. The highest BCUT2D eigenvalue weighted by Crippen LogP contribution is 2.27. The molecule has 0 aliphatic carbocycles. The summed E-state index contributed by atoms with van der Waals surface area (Å²) in [6.07, 6.45) is 4.79. The molecule has 1 aliphatic heterocycles. The lowest BCUT2D eigenvalue weighted by Gasteiger charge is -2.34. The molecule has 6 rings (SSSR count). The molecular weight excluding hydrogens is 574 g/mol. The van der Waals surface area contributed by atoms with Gasteiger partial charge >= 0.3 is 0 Å². The molecule has 0 atom stereocenters. The van der Waals surface area contributed by atoms with E-state index in [4.69, 9.17) is 10.7 Å². The van der Waals surface area contributed by atoms with Crippen molar-refractivity contribution in [3.05, 3.63) is 97.5 Å². The van der Waals surface area contributed by atoms with Gasteiger partial charge in [-0.05, 0) is 60.2 Å². The second kappa shape index (κ2) is 11.0. The quantitative estimate of drug-likeness (QED) is 0.267. The van der Waals surface area contributed by atoms with E-state index in [0.717, 1.165) is 5.56 Å². The largest absolute Gasteiger partial charge is 0.399 e. The highest BCUT2D eigenvalue weighted by atomic mass is 32.2. The van der Waals surface area contributed by atoms with Gasteiger partial charge in [0, 0.05) is 43.6 Å². The lowest BCUT2D eigenvalue weighted by molar-refractivity contribution is 0.384. The van der Waals surface area contributed by atoms with Gasteiger partial charge < -0.3 is 10.6 Å². The third-order valence-corrected chi connectivity index (χ3v) is 10.3. The van der Waals surface area contributed by atoms with Gasteiger partial charge in [-0.1, -0.05) is 24.3 Å². The van der Waals surface area contributed by atoms with Crippen LogP contribution >= 0.6 is 0 Å². The summed E-state index contributed by atoms with van der Waals surface area (Å²) < 4.78 is 55.7. The number of pyridine rings is 1. The molecular formula is C29H27N7O4S2. The molecule has 0 saturated carbocycles. The molecule has 0 amide bonds. The molecule has 11 nitrogen and oxygen atoms in total. The number of aromatic nitrogens is 3. The topological polar surface area (TPSA) is 151 Å². The van der Waals surface area contributed by atoms with Crippen molar-refractivity contribution in [3.63, 3.8) is 0 Å². The minimum absolute atomic E-state index is 0.160. The highest BCUT2D eigenvalue weighted by molar-refractivity contribution is 7.92. The Morgan fingerprint density at radius 1 is 0.714 bits per heavy atom. The first-order valence-electron chi connectivity index (χ1n) is 13.1. The van der Waals surface area contributed by atoms with Crippen LogP contribution in [0.3, 0.4) is 0 Å². The van der Waals surface area contributed by atoms with Crippen LogP contribution in [0.15, 0.2) is 107 Å². The van der Waals surface area contributed by atoms with Crippen LogP contribution in [-0.4, -0.2) is 62.3 Å². The van der Waals surface area contributed by atoms with Crippen LogP contribution in [0.5, 0.6) is 0 Å². The number of nitrogen functional groups attached to an aromatic ring is 1. The summed E-state index contributed by atoms with van der Waals surface area (Å²) in [6.45, 7) is 1.54. The van der Waals surface area contributed by atoms with Gasteiger partial charge in [0.25, 0.3) is 10.0 Å². The lowest BCUT2D eigenvalue weighted by atomic mass is 10.1. The molecule has 42 heavy (non-hydrogen) atoms. The van der Waals surface area contributed by atoms with Gasteiger partial charge in [0.15, 0.2) is 0 Å². The maximum Gasteiger partial charge on any atom is 0.261 e. The normalized spacial score (nSPS) is 14.6. The Morgan fingerprint density at radius 2 is 1.45 bits per heavy atom. The SMILES string of the molecule is Nc1ccc(S(=O)(=O)N2CCN(c3cnc4ccc(-c5cncc(NS(=O)(=O)c6ccccc6)c5)cc4n3)CC2)cc1. The van der Waals surface area contributed by atoms with E-state index in [-0.39, 0.29) is 9.79 Å². The molecule has 214 valence electrons. The van der Waals surface area contributed by atoms with Gasteiger partial charge in [-0.25, -0.2) is 21.8 Å². The fourth-order valence-electron chi connectivity index (χ4n) is 4.75. The van der Waals surface area contributed by atoms with E-state index in [2.05, 4.69) is 14.7 Å². The Bertz CT molecular complexity index is 1960. The molecule has 0 bridgehead atoms. The van der Waals surface area contributed by atoms with Crippen molar-refractivity contribution in [2.45, 2.75) is 9.79 Å². The molecule has 13 heteroatoms. The molecule has 1 fully saturated rings. The average Bonchev–Trinajstić information content (AvgIpc) is 3.01. The monoisotopic (exact) mass is 601 g/mol. The molecule has 0 radical (unpaired) electrons. The number of anilines is 3. The summed E-state index contributed by atoms with van der Waals surface area (Å²) >= 11 is 0. The zero-order chi connectivity index (χ0) is 29.3. The maximum absolute atomic E-state index is 13.1. The third kappa shape index (κ3) is 5.62. The second-order valence-corrected chi connectivity index (χ2v) is 13.4. The van der Waals surface area contributed by atoms with E-state index in [9.17, 15) is 16.8 Å². The predicted molar refractivity (Wildman–Crippen MR) is 162 cm³/mol. The van der Waals surface area contributed by atoms with Crippen LogP contribution in [0, 0.1) is 0 Å². The van der Waals surface area contributed by atoms with Gasteiger partial charge in [-0.3, -0.25) is 14.7 Å². The first-order valence-corrected chi connectivity index (χ1v) is 16.0. The fourth-order valence-corrected chi connectivity index (χ4v) is 7.22. The zero-order valence-electron chi connectivity index (χ0n) is 22.3. The van der Waals surface area contributed by atoms with Gasteiger partial charge in [-0.2, -0.15) is 4.31 Å². The maximum atomic E-state index is 13.1. The molecule has 5 aromatic rings.